The van der Waals surface area contributed by atoms with Gasteiger partial charge >= 0.3 is 0 Å². The van der Waals surface area contributed by atoms with Gasteiger partial charge < -0.3 is 5.32 Å². The number of rotatable bonds is 3. The molecule has 2 rings (SSSR count). The summed E-state index contributed by atoms with van der Waals surface area (Å²) in [7, 11) is -1.59. The fourth-order valence-electron chi connectivity index (χ4n) is 1.84. The summed E-state index contributed by atoms with van der Waals surface area (Å²) in [6, 6.07) is 6.69. The second-order valence-corrected chi connectivity index (χ2v) is 5.77. The van der Waals surface area contributed by atoms with Crippen molar-refractivity contribution < 1.29 is 8.42 Å². The quantitative estimate of drug-likeness (QED) is 0.811. The summed E-state index contributed by atoms with van der Waals surface area (Å²) in [6.07, 6.45) is 1.92. The maximum Gasteiger partial charge on any atom is 0.243 e. The first-order valence-corrected chi connectivity index (χ1v) is 6.78. The fourth-order valence-corrected chi connectivity index (χ4v) is 3.36. The van der Waals surface area contributed by atoms with Gasteiger partial charge in [0, 0.05) is 13.1 Å². The first-order chi connectivity index (χ1) is 7.64. The van der Waals surface area contributed by atoms with Gasteiger partial charge in [-0.3, -0.25) is 0 Å². The van der Waals surface area contributed by atoms with E-state index in [0.29, 0.717) is 18.0 Å². The van der Waals surface area contributed by atoms with Crippen molar-refractivity contribution in [1.82, 2.24) is 4.31 Å². The maximum absolute atomic E-state index is 12.1. The average molecular weight is 239 g/mol. The van der Waals surface area contributed by atoms with Gasteiger partial charge in [-0.15, -0.1) is 12.7 Å². The standard InChI is InChI=1S/C11H15N2O2S/c1-12-10-4-6-11(7-5-10)16(14,15)13-8-2-3-9-13/h4-7H,2-3,8-9H2,1H3/q-1. The summed E-state index contributed by atoms with van der Waals surface area (Å²) < 4.78 is 25.8. The van der Waals surface area contributed by atoms with Crippen molar-refractivity contribution >= 4 is 15.7 Å². The second kappa shape index (κ2) is 4.43. The minimum absolute atomic E-state index is 0.363. The van der Waals surface area contributed by atoms with Crippen LogP contribution in [-0.2, 0) is 10.0 Å². The predicted molar refractivity (Wildman–Crippen MR) is 63.4 cm³/mol. The Bertz CT molecular complexity index is 447. The summed E-state index contributed by atoms with van der Waals surface area (Å²) in [6.45, 7) is 1.28. The number of nitrogens with zero attached hydrogens (tertiary/aromatic N) is 2. The van der Waals surface area contributed by atoms with Crippen LogP contribution in [0.4, 0.5) is 5.69 Å². The number of hydrogen-bond donors (Lipinski definition) is 0. The van der Waals surface area contributed by atoms with Crippen LogP contribution in [0.3, 0.4) is 0 Å². The van der Waals surface area contributed by atoms with Crippen LogP contribution in [-0.4, -0.2) is 32.9 Å². The van der Waals surface area contributed by atoms with Crippen LogP contribution in [0.1, 0.15) is 12.8 Å². The molecular formula is C11H15N2O2S-. The van der Waals surface area contributed by atoms with E-state index in [1.165, 1.54) is 0 Å². The van der Waals surface area contributed by atoms with Gasteiger partial charge in [-0.1, -0.05) is 12.1 Å². The molecule has 1 aliphatic rings. The van der Waals surface area contributed by atoms with Gasteiger partial charge in [-0.05, 0) is 25.0 Å². The van der Waals surface area contributed by atoms with Crippen molar-refractivity contribution in [2.45, 2.75) is 17.7 Å². The van der Waals surface area contributed by atoms with E-state index in [2.05, 4.69) is 5.32 Å². The van der Waals surface area contributed by atoms with Crippen LogP contribution in [0, 0.1) is 0 Å². The van der Waals surface area contributed by atoms with Gasteiger partial charge in [0.1, 0.15) is 0 Å². The Morgan fingerprint density at radius 3 is 2.19 bits per heavy atom. The predicted octanol–water partition coefficient (Wildman–Crippen LogP) is 2.11. The van der Waals surface area contributed by atoms with Crippen LogP contribution in [0.25, 0.3) is 5.32 Å². The molecule has 1 aromatic carbocycles. The highest BCUT2D eigenvalue weighted by Gasteiger charge is 2.26. The van der Waals surface area contributed by atoms with Gasteiger partial charge in [-0.2, -0.15) is 4.31 Å². The fraction of sp³-hybridized carbons (Fsp3) is 0.455. The molecule has 16 heavy (non-hydrogen) atoms. The highest BCUT2D eigenvalue weighted by atomic mass is 32.2. The van der Waals surface area contributed by atoms with Crippen molar-refractivity contribution in [2.24, 2.45) is 0 Å². The summed E-state index contributed by atoms with van der Waals surface area (Å²) in [5, 5.41) is 3.98. The second-order valence-electron chi connectivity index (χ2n) is 3.83. The van der Waals surface area contributed by atoms with E-state index in [0.717, 1.165) is 18.5 Å². The molecule has 0 aliphatic carbocycles. The monoisotopic (exact) mass is 239 g/mol. The topological polar surface area (TPSA) is 51.5 Å². The Balaban J connectivity index is 2.28. The molecular weight excluding hydrogens is 224 g/mol. The van der Waals surface area contributed by atoms with Gasteiger partial charge in [0.15, 0.2) is 0 Å². The molecule has 1 saturated heterocycles. The molecule has 1 aromatic rings. The Kier molecular flexibility index (Phi) is 3.16. The van der Waals surface area contributed by atoms with Crippen molar-refractivity contribution in [3.8, 4) is 0 Å². The van der Waals surface area contributed by atoms with Gasteiger partial charge in [-0.25, -0.2) is 8.42 Å². The molecule has 0 saturated carbocycles. The van der Waals surface area contributed by atoms with Gasteiger partial charge in [0.2, 0.25) is 10.0 Å². The van der Waals surface area contributed by atoms with E-state index in [9.17, 15) is 8.42 Å². The van der Waals surface area contributed by atoms with E-state index in [4.69, 9.17) is 0 Å². The minimum atomic E-state index is -3.27. The molecule has 0 amide bonds. The molecule has 1 heterocycles. The van der Waals surface area contributed by atoms with Crippen molar-refractivity contribution in [3.63, 3.8) is 0 Å². The molecule has 5 heteroatoms. The maximum atomic E-state index is 12.1. The number of sulfonamides is 1. The molecule has 0 atom stereocenters. The third-order valence-corrected chi connectivity index (χ3v) is 4.71. The lowest BCUT2D eigenvalue weighted by molar-refractivity contribution is 0.477. The van der Waals surface area contributed by atoms with Crippen LogP contribution in [0.2, 0.25) is 0 Å². The van der Waals surface area contributed by atoms with Crippen LogP contribution < -0.4 is 0 Å². The molecule has 0 N–H and O–H groups in total. The normalized spacial score (nSPS) is 17.6. The molecule has 0 unspecified atom stereocenters. The Morgan fingerprint density at radius 1 is 1.12 bits per heavy atom. The number of benzene rings is 1. The van der Waals surface area contributed by atoms with Crippen LogP contribution >= 0.6 is 0 Å². The van der Waals surface area contributed by atoms with Crippen molar-refractivity contribution in [2.75, 3.05) is 20.1 Å². The zero-order valence-electron chi connectivity index (χ0n) is 9.26. The summed E-state index contributed by atoms with van der Waals surface area (Å²) >= 11 is 0. The minimum Gasteiger partial charge on any atom is -0.687 e. The van der Waals surface area contributed by atoms with Gasteiger partial charge in [0.05, 0.1) is 4.90 Å². The molecule has 0 bridgehead atoms. The molecule has 0 spiro atoms. The molecule has 1 aliphatic heterocycles. The lowest BCUT2D eigenvalue weighted by Crippen LogP contribution is -2.27. The Labute approximate surface area is 96.3 Å². The molecule has 0 radical (unpaired) electrons. The smallest absolute Gasteiger partial charge is 0.243 e. The Morgan fingerprint density at radius 2 is 1.69 bits per heavy atom. The van der Waals surface area contributed by atoms with E-state index < -0.39 is 10.0 Å². The van der Waals surface area contributed by atoms with E-state index >= 15 is 0 Å². The average Bonchev–Trinajstić information content (AvgIpc) is 2.83. The first-order valence-electron chi connectivity index (χ1n) is 5.34. The lowest BCUT2D eigenvalue weighted by Gasteiger charge is -2.17. The van der Waals surface area contributed by atoms with Crippen molar-refractivity contribution in [3.05, 3.63) is 29.6 Å². The van der Waals surface area contributed by atoms with E-state index in [1.54, 1.807) is 35.6 Å². The third-order valence-electron chi connectivity index (χ3n) is 2.80. The van der Waals surface area contributed by atoms with E-state index in [1.807, 2.05) is 0 Å². The molecule has 1 fully saturated rings. The van der Waals surface area contributed by atoms with Crippen LogP contribution in [0.5, 0.6) is 0 Å². The lowest BCUT2D eigenvalue weighted by atomic mass is 10.3. The zero-order valence-corrected chi connectivity index (χ0v) is 10.1. The summed E-state index contributed by atoms with van der Waals surface area (Å²) in [4.78, 5) is 0.363. The van der Waals surface area contributed by atoms with Crippen molar-refractivity contribution in [1.29, 1.82) is 0 Å². The highest BCUT2D eigenvalue weighted by molar-refractivity contribution is 7.89. The van der Waals surface area contributed by atoms with Gasteiger partial charge in [0.25, 0.3) is 0 Å². The molecule has 88 valence electrons. The summed E-state index contributed by atoms with van der Waals surface area (Å²) in [5.74, 6) is 0. The summed E-state index contributed by atoms with van der Waals surface area (Å²) in [5.41, 5.74) is 0.792. The number of hydrogen-bond acceptors (Lipinski definition) is 2. The van der Waals surface area contributed by atoms with E-state index in [-0.39, 0.29) is 0 Å². The SMILES string of the molecule is C[N-]c1ccc(S(=O)(=O)N2CCCC2)cc1. The molecule has 0 aromatic heterocycles. The first kappa shape index (κ1) is 11.4. The zero-order chi connectivity index (χ0) is 11.6. The van der Waals surface area contributed by atoms with Crippen LogP contribution in [0.15, 0.2) is 29.2 Å². The molecule has 4 nitrogen and oxygen atoms in total. The third kappa shape index (κ3) is 2.05. The highest BCUT2D eigenvalue weighted by Crippen LogP contribution is 2.23. The Hall–Kier alpha value is -1.07. The largest absolute Gasteiger partial charge is 0.687 e.